The van der Waals surface area contributed by atoms with Crippen LogP contribution in [0.25, 0.3) is 11.0 Å². The summed E-state index contributed by atoms with van der Waals surface area (Å²) in [7, 11) is 0. The molecule has 142 valence electrons. The molecule has 0 aromatic carbocycles. The Balaban J connectivity index is 2.21. The van der Waals surface area contributed by atoms with E-state index in [4.69, 9.17) is 16.3 Å². The number of pyridine rings is 1. The number of rotatable bonds is 4. The van der Waals surface area contributed by atoms with E-state index in [1.807, 2.05) is 0 Å². The Morgan fingerprint density at radius 3 is 2.62 bits per heavy atom. The van der Waals surface area contributed by atoms with Gasteiger partial charge in [0.1, 0.15) is 21.8 Å². The summed E-state index contributed by atoms with van der Waals surface area (Å²) in [5.74, 6) is -0.825. The Labute approximate surface area is 156 Å². The van der Waals surface area contributed by atoms with E-state index in [2.05, 4.69) is 9.38 Å². The van der Waals surface area contributed by atoms with Crippen molar-refractivity contribution < 1.29 is 22.5 Å². The van der Waals surface area contributed by atoms with Crippen LogP contribution >= 0.6 is 11.6 Å². The summed E-state index contributed by atoms with van der Waals surface area (Å²) < 4.78 is 63.3. The smallest absolute Gasteiger partial charge is 0.285 e. The van der Waals surface area contributed by atoms with E-state index in [0.29, 0.717) is 13.2 Å². The van der Waals surface area contributed by atoms with E-state index in [1.54, 1.807) is 25.3 Å². The van der Waals surface area contributed by atoms with Crippen LogP contribution in [-0.2, 0) is 16.1 Å². The lowest BCUT2D eigenvalue weighted by Crippen LogP contribution is -2.30. The molecular weight excluding hydrogens is 391 g/mol. The molecule has 0 radical (unpaired) electrons. The summed E-state index contributed by atoms with van der Waals surface area (Å²) in [6, 6.07) is 0.931. The van der Waals surface area contributed by atoms with E-state index in [-0.39, 0.29) is 27.8 Å². The zero-order chi connectivity index (χ0) is 19.2. The zero-order valence-corrected chi connectivity index (χ0v) is 15.9. The minimum Gasteiger partial charge on any atom is -0.591 e. The van der Waals surface area contributed by atoms with E-state index in [9.17, 15) is 17.7 Å². The van der Waals surface area contributed by atoms with Gasteiger partial charge in [-0.1, -0.05) is 16.0 Å². The van der Waals surface area contributed by atoms with Crippen molar-refractivity contribution in [2.24, 2.45) is 4.40 Å². The first-order valence-electron chi connectivity index (χ1n) is 7.83. The average molecular weight is 408 g/mol. The van der Waals surface area contributed by atoms with Gasteiger partial charge >= 0.3 is 0 Å². The van der Waals surface area contributed by atoms with E-state index < -0.39 is 34.1 Å². The van der Waals surface area contributed by atoms with Gasteiger partial charge in [0.25, 0.3) is 6.43 Å². The second-order valence-electron chi connectivity index (χ2n) is 6.91. The minimum atomic E-state index is -2.99. The number of fused-ring (bicyclic) bond motifs is 1. The lowest BCUT2D eigenvalue weighted by Gasteiger charge is -2.27. The van der Waals surface area contributed by atoms with Gasteiger partial charge in [-0.25, -0.2) is 18.2 Å². The minimum absolute atomic E-state index is 0.0115. The number of nitrogens with zero attached hydrogens (tertiary/aromatic N) is 3. The molecule has 1 atom stereocenters. The quantitative estimate of drug-likeness (QED) is 0.438. The molecule has 2 aromatic heterocycles. The largest absolute Gasteiger partial charge is 0.591 e. The predicted molar refractivity (Wildman–Crippen MR) is 95.0 cm³/mol. The van der Waals surface area contributed by atoms with Gasteiger partial charge in [0.15, 0.2) is 16.7 Å². The highest BCUT2D eigenvalue weighted by molar-refractivity contribution is 7.91. The molecule has 10 heteroatoms. The molecule has 1 aliphatic heterocycles. The molecule has 0 bridgehead atoms. The number of alkyl halides is 2. The van der Waals surface area contributed by atoms with Crippen LogP contribution in [0, 0.1) is 5.82 Å². The fraction of sp³-hybridized carbons (Fsp3) is 0.500. The van der Waals surface area contributed by atoms with Crippen molar-refractivity contribution in [3.05, 3.63) is 28.8 Å². The van der Waals surface area contributed by atoms with Gasteiger partial charge in [-0.05, 0) is 26.8 Å². The maximum Gasteiger partial charge on any atom is 0.285 e. The first kappa shape index (κ1) is 19.5. The summed E-state index contributed by atoms with van der Waals surface area (Å²) in [5, 5.41) is -0.207. The average Bonchev–Trinajstić information content (AvgIpc) is 2.80. The molecule has 1 aliphatic rings. The van der Waals surface area contributed by atoms with Gasteiger partial charge in [0.05, 0.1) is 19.3 Å². The van der Waals surface area contributed by atoms with Crippen LogP contribution in [0.15, 0.2) is 16.7 Å². The predicted octanol–water partition coefficient (Wildman–Crippen LogP) is 3.92. The molecule has 26 heavy (non-hydrogen) atoms. The third-order valence-corrected chi connectivity index (χ3v) is 5.59. The highest BCUT2D eigenvalue weighted by Crippen LogP contribution is 2.32. The Morgan fingerprint density at radius 1 is 1.46 bits per heavy atom. The molecular formula is C16H17ClF3N3O2S. The van der Waals surface area contributed by atoms with Crippen LogP contribution in [0.5, 0.6) is 0 Å². The highest BCUT2D eigenvalue weighted by atomic mass is 35.5. The maximum absolute atomic E-state index is 13.9. The molecule has 3 heterocycles. The van der Waals surface area contributed by atoms with E-state index in [1.165, 1.54) is 6.20 Å². The molecule has 0 saturated carbocycles. The molecule has 5 nitrogen and oxygen atoms in total. The van der Waals surface area contributed by atoms with Crippen molar-refractivity contribution in [1.29, 1.82) is 0 Å². The zero-order valence-electron chi connectivity index (χ0n) is 14.3. The number of aromatic nitrogens is 2. The fourth-order valence-corrected chi connectivity index (χ4v) is 3.19. The van der Waals surface area contributed by atoms with Crippen molar-refractivity contribution in [3.8, 4) is 0 Å². The third kappa shape index (κ3) is 3.58. The number of halogens is 4. The lowest BCUT2D eigenvalue weighted by molar-refractivity contribution is -0.0216. The van der Waals surface area contributed by atoms with E-state index in [0.717, 1.165) is 6.07 Å². The van der Waals surface area contributed by atoms with Crippen LogP contribution < -0.4 is 0 Å². The maximum atomic E-state index is 13.9. The second-order valence-corrected chi connectivity index (χ2v) is 9.18. The SMILES string of the molecule is CC(C)(C)[S@+]([O-])N=C(c1cn(C2COC2)c2nc(Cl)c(F)cc12)C(F)F. The molecule has 0 spiro atoms. The molecule has 0 unspecified atom stereocenters. The fourth-order valence-electron chi connectivity index (χ4n) is 2.42. The number of hydrogen-bond donors (Lipinski definition) is 0. The van der Waals surface area contributed by atoms with Gasteiger partial charge in [0.2, 0.25) is 0 Å². The third-order valence-electron chi connectivity index (χ3n) is 3.92. The standard InChI is InChI=1S/C16H17ClF3N3O2S/c1-16(2,3)26(24)22-12(14(19)20)10-5-23(8-6-25-7-8)15-9(10)4-11(18)13(17)21-15/h4-5,8,14H,6-7H2,1-3H3/t26-/m0/s1. The molecule has 0 aliphatic carbocycles. The van der Waals surface area contributed by atoms with Crippen LogP contribution in [0.1, 0.15) is 32.4 Å². The summed E-state index contributed by atoms with van der Waals surface area (Å²) in [5.41, 5.74) is -0.414. The summed E-state index contributed by atoms with van der Waals surface area (Å²) >= 11 is 3.87. The van der Waals surface area contributed by atoms with Gasteiger partial charge in [-0.2, -0.15) is 0 Å². The molecule has 1 fully saturated rings. The van der Waals surface area contributed by atoms with Gasteiger partial charge in [-0.3, -0.25) is 0 Å². The summed E-state index contributed by atoms with van der Waals surface area (Å²) in [4.78, 5) is 3.99. The molecule has 0 N–H and O–H groups in total. The number of ether oxygens (including phenoxy) is 1. The van der Waals surface area contributed by atoms with Crippen LogP contribution in [0.3, 0.4) is 0 Å². The van der Waals surface area contributed by atoms with Crippen molar-refractivity contribution >= 4 is 39.7 Å². The Bertz CT molecular complexity index is 863. The van der Waals surface area contributed by atoms with Gasteiger partial charge in [0, 0.05) is 17.1 Å². The first-order chi connectivity index (χ1) is 12.1. The monoisotopic (exact) mass is 407 g/mol. The van der Waals surface area contributed by atoms with Crippen molar-refractivity contribution in [1.82, 2.24) is 9.55 Å². The molecule has 0 amide bonds. The molecule has 1 saturated heterocycles. The Morgan fingerprint density at radius 2 is 2.12 bits per heavy atom. The normalized spacial score (nSPS) is 17.8. The Kier molecular flexibility index (Phi) is 5.26. The topological polar surface area (TPSA) is 62.5 Å². The molecule has 2 aromatic rings. The summed E-state index contributed by atoms with van der Waals surface area (Å²) in [6.45, 7) is 5.66. The lowest BCUT2D eigenvalue weighted by atomic mass is 10.1. The van der Waals surface area contributed by atoms with Crippen LogP contribution in [0.4, 0.5) is 13.2 Å². The number of hydrogen-bond acceptors (Lipinski definition) is 4. The highest BCUT2D eigenvalue weighted by Gasteiger charge is 2.33. The van der Waals surface area contributed by atoms with Crippen LogP contribution in [0.2, 0.25) is 5.15 Å². The Hall–Kier alpha value is -1.29. The first-order valence-corrected chi connectivity index (χ1v) is 9.31. The van der Waals surface area contributed by atoms with Crippen molar-refractivity contribution in [2.45, 2.75) is 38.0 Å². The van der Waals surface area contributed by atoms with Crippen LogP contribution in [-0.4, -0.2) is 44.2 Å². The summed E-state index contributed by atoms with van der Waals surface area (Å²) in [6.07, 6.45) is -1.57. The van der Waals surface area contributed by atoms with Gasteiger partial charge < -0.3 is 13.9 Å². The van der Waals surface area contributed by atoms with Crippen molar-refractivity contribution in [2.75, 3.05) is 13.2 Å². The second kappa shape index (κ2) is 7.03. The van der Waals surface area contributed by atoms with Crippen molar-refractivity contribution in [3.63, 3.8) is 0 Å². The van der Waals surface area contributed by atoms with Gasteiger partial charge in [-0.15, -0.1) is 0 Å². The molecule has 3 rings (SSSR count). The van der Waals surface area contributed by atoms with E-state index >= 15 is 0 Å².